The first-order valence-electron chi connectivity index (χ1n) is 8.43. The Bertz CT molecular complexity index is 608. The molecule has 3 rings (SSSR count). The molecular weight excluding hydrogens is 326 g/mol. The third-order valence-corrected chi connectivity index (χ3v) is 4.89. The quantitative estimate of drug-likeness (QED) is 0.856. The van der Waals surface area contributed by atoms with E-state index in [2.05, 4.69) is 17.6 Å². The summed E-state index contributed by atoms with van der Waals surface area (Å²) in [6.07, 6.45) is 2.01. The van der Waals surface area contributed by atoms with Gasteiger partial charge in [0.05, 0.1) is 0 Å². The summed E-state index contributed by atoms with van der Waals surface area (Å²) in [5, 5.41) is 6.10. The standard InChI is InChI=1S/C18H25N3O2.ClH/c1-12-8-16(12)17(22)20-15-5-3-4-14(9-15)18(23)21-7-6-13(11-21)10-19-2;/h3-5,9,12-13,16,19H,6-8,10-11H2,1-2H3,(H,20,22);1H. The molecular formula is C18H26ClN3O2. The minimum Gasteiger partial charge on any atom is -0.338 e. The van der Waals surface area contributed by atoms with Gasteiger partial charge in [-0.3, -0.25) is 9.59 Å². The number of rotatable bonds is 5. The Morgan fingerprint density at radius 1 is 1.33 bits per heavy atom. The van der Waals surface area contributed by atoms with E-state index >= 15 is 0 Å². The van der Waals surface area contributed by atoms with Crippen molar-refractivity contribution in [3.8, 4) is 0 Å². The Morgan fingerprint density at radius 2 is 2.08 bits per heavy atom. The molecule has 1 saturated heterocycles. The zero-order valence-electron chi connectivity index (χ0n) is 14.2. The number of nitrogens with zero attached hydrogens (tertiary/aromatic N) is 1. The highest BCUT2D eigenvalue weighted by Gasteiger charge is 2.39. The van der Waals surface area contributed by atoms with Gasteiger partial charge in [-0.2, -0.15) is 0 Å². The van der Waals surface area contributed by atoms with Crippen LogP contribution in [0.15, 0.2) is 24.3 Å². The molecule has 3 atom stereocenters. The molecule has 1 aliphatic heterocycles. The second-order valence-electron chi connectivity index (χ2n) is 6.85. The molecule has 2 amide bonds. The van der Waals surface area contributed by atoms with Crippen molar-refractivity contribution in [1.29, 1.82) is 0 Å². The molecule has 1 aliphatic carbocycles. The van der Waals surface area contributed by atoms with Crippen molar-refractivity contribution in [2.75, 3.05) is 32.0 Å². The second-order valence-corrected chi connectivity index (χ2v) is 6.85. The van der Waals surface area contributed by atoms with E-state index in [0.29, 0.717) is 23.1 Å². The molecule has 1 aromatic carbocycles. The van der Waals surface area contributed by atoms with Gasteiger partial charge in [0.25, 0.3) is 5.91 Å². The van der Waals surface area contributed by atoms with Gasteiger partial charge < -0.3 is 15.5 Å². The molecule has 1 saturated carbocycles. The number of likely N-dealkylation sites (tertiary alicyclic amines) is 1. The van der Waals surface area contributed by atoms with E-state index < -0.39 is 0 Å². The molecule has 2 aliphatic rings. The van der Waals surface area contributed by atoms with Crippen LogP contribution in [-0.2, 0) is 4.79 Å². The number of anilines is 1. The lowest BCUT2D eigenvalue weighted by Gasteiger charge is -2.17. The van der Waals surface area contributed by atoms with Crippen LogP contribution in [0.3, 0.4) is 0 Å². The van der Waals surface area contributed by atoms with E-state index in [4.69, 9.17) is 0 Å². The molecule has 132 valence electrons. The van der Waals surface area contributed by atoms with Crippen LogP contribution in [0.1, 0.15) is 30.1 Å². The number of hydrogen-bond donors (Lipinski definition) is 2. The van der Waals surface area contributed by atoms with Crippen LogP contribution in [0.25, 0.3) is 0 Å². The summed E-state index contributed by atoms with van der Waals surface area (Å²) in [6.45, 7) is 4.63. The maximum absolute atomic E-state index is 12.6. The second kappa shape index (κ2) is 7.99. The highest BCUT2D eigenvalue weighted by atomic mass is 35.5. The van der Waals surface area contributed by atoms with Crippen LogP contribution < -0.4 is 10.6 Å². The summed E-state index contributed by atoms with van der Waals surface area (Å²) in [5.41, 5.74) is 1.36. The lowest BCUT2D eigenvalue weighted by Crippen LogP contribution is -2.30. The minimum absolute atomic E-state index is 0. The van der Waals surface area contributed by atoms with Crippen LogP contribution >= 0.6 is 12.4 Å². The minimum atomic E-state index is 0. The van der Waals surface area contributed by atoms with Crippen LogP contribution in [-0.4, -0.2) is 43.4 Å². The van der Waals surface area contributed by atoms with Gasteiger partial charge in [-0.05, 0) is 56.5 Å². The molecule has 1 heterocycles. The predicted molar refractivity (Wildman–Crippen MR) is 97.5 cm³/mol. The fourth-order valence-electron chi connectivity index (χ4n) is 3.31. The highest BCUT2D eigenvalue weighted by molar-refractivity contribution is 5.98. The van der Waals surface area contributed by atoms with Gasteiger partial charge in [0.2, 0.25) is 5.91 Å². The van der Waals surface area contributed by atoms with Gasteiger partial charge >= 0.3 is 0 Å². The number of hydrogen-bond acceptors (Lipinski definition) is 3. The van der Waals surface area contributed by atoms with Crippen molar-refractivity contribution in [1.82, 2.24) is 10.2 Å². The predicted octanol–water partition coefficient (Wildman–Crippen LogP) is 2.38. The topological polar surface area (TPSA) is 61.4 Å². The summed E-state index contributed by atoms with van der Waals surface area (Å²) in [7, 11) is 1.94. The molecule has 6 heteroatoms. The average Bonchev–Trinajstić information content (AvgIpc) is 3.09. The third kappa shape index (κ3) is 4.28. The van der Waals surface area contributed by atoms with Crippen LogP contribution in [0.2, 0.25) is 0 Å². The summed E-state index contributed by atoms with van der Waals surface area (Å²) in [4.78, 5) is 26.6. The summed E-state index contributed by atoms with van der Waals surface area (Å²) < 4.78 is 0. The van der Waals surface area contributed by atoms with Crippen molar-refractivity contribution in [3.05, 3.63) is 29.8 Å². The zero-order valence-corrected chi connectivity index (χ0v) is 15.1. The molecule has 2 N–H and O–H groups in total. The fourth-order valence-corrected chi connectivity index (χ4v) is 3.31. The average molecular weight is 352 g/mol. The van der Waals surface area contributed by atoms with E-state index in [0.717, 1.165) is 32.5 Å². The van der Waals surface area contributed by atoms with Crippen molar-refractivity contribution >= 4 is 29.9 Å². The first kappa shape index (κ1) is 18.7. The molecule has 0 aromatic heterocycles. The Balaban J connectivity index is 0.00000208. The fraction of sp³-hybridized carbons (Fsp3) is 0.556. The van der Waals surface area contributed by atoms with E-state index in [9.17, 15) is 9.59 Å². The van der Waals surface area contributed by atoms with Crippen molar-refractivity contribution in [3.63, 3.8) is 0 Å². The van der Waals surface area contributed by atoms with E-state index in [-0.39, 0.29) is 30.1 Å². The molecule has 0 radical (unpaired) electrons. The number of carbonyl (C=O) groups is 2. The molecule has 24 heavy (non-hydrogen) atoms. The number of benzene rings is 1. The van der Waals surface area contributed by atoms with E-state index in [1.54, 1.807) is 6.07 Å². The monoisotopic (exact) mass is 351 g/mol. The maximum atomic E-state index is 12.6. The normalized spacial score (nSPS) is 25.1. The molecule has 5 nitrogen and oxygen atoms in total. The van der Waals surface area contributed by atoms with Gasteiger partial charge in [-0.1, -0.05) is 13.0 Å². The van der Waals surface area contributed by atoms with Gasteiger partial charge in [-0.25, -0.2) is 0 Å². The van der Waals surface area contributed by atoms with Crippen LogP contribution in [0.5, 0.6) is 0 Å². The van der Waals surface area contributed by atoms with Gasteiger partial charge in [0, 0.05) is 30.3 Å². The largest absolute Gasteiger partial charge is 0.338 e. The van der Waals surface area contributed by atoms with Gasteiger partial charge in [0.15, 0.2) is 0 Å². The Hall–Kier alpha value is -1.59. The summed E-state index contributed by atoms with van der Waals surface area (Å²) in [5.74, 6) is 1.27. The lowest BCUT2D eigenvalue weighted by molar-refractivity contribution is -0.117. The van der Waals surface area contributed by atoms with Crippen molar-refractivity contribution in [2.24, 2.45) is 17.8 Å². The maximum Gasteiger partial charge on any atom is 0.253 e. The van der Waals surface area contributed by atoms with Crippen molar-refractivity contribution < 1.29 is 9.59 Å². The van der Waals surface area contributed by atoms with Crippen LogP contribution in [0, 0.1) is 17.8 Å². The first-order valence-corrected chi connectivity index (χ1v) is 8.43. The number of nitrogens with one attached hydrogen (secondary N) is 2. The van der Waals surface area contributed by atoms with Gasteiger partial charge in [-0.15, -0.1) is 12.4 Å². The molecule has 3 unspecified atom stereocenters. The Labute approximate surface area is 149 Å². The molecule has 0 spiro atoms. The third-order valence-electron chi connectivity index (χ3n) is 4.89. The Morgan fingerprint density at radius 3 is 2.75 bits per heavy atom. The van der Waals surface area contributed by atoms with Crippen molar-refractivity contribution in [2.45, 2.75) is 19.8 Å². The highest BCUT2D eigenvalue weighted by Crippen LogP contribution is 2.38. The van der Waals surface area contributed by atoms with Crippen LogP contribution in [0.4, 0.5) is 5.69 Å². The van der Waals surface area contributed by atoms with Gasteiger partial charge in [0.1, 0.15) is 0 Å². The number of carbonyl (C=O) groups excluding carboxylic acids is 2. The van der Waals surface area contributed by atoms with E-state index in [1.165, 1.54) is 0 Å². The smallest absolute Gasteiger partial charge is 0.253 e. The number of halogens is 1. The summed E-state index contributed by atoms with van der Waals surface area (Å²) in [6, 6.07) is 7.29. The molecule has 2 fully saturated rings. The zero-order chi connectivity index (χ0) is 16.4. The number of amides is 2. The lowest BCUT2D eigenvalue weighted by atomic mass is 10.1. The molecule has 0 bridgehead atoms. The van der Waals surface area contributed by atoms with E-state index in [1.807, 2.05) is 30.1 Å². The first-order chi connectivity index (χ1) is 11.1. The SMILES string of the molecule is CNCC1CCN(C(=O)c2cccc(NC(=O)C3CC3C)c2)C1.Cl. The molecule has 1 aromatic rings. The Kier molecular flexibility index (Phi) is 6.24. The summed E-state index contributed by atoms with van der Waals surface area (Å²) >= 11 is 0.